The first-order valence-electron chi connectivity index (χ1n) is 8.33. The molecule has 25 heavy (non-hydrogen) atoms. The largest absolute Gasteiger partial charge is 0.490 e. The summed E-state index contributed by atoms with van der Waals surface area (Å²) in [6, 6.07) is 5.66. The van der Waals surface area contributed by atoms with E-state index in [2.05, 4.69) is 36.1 Å². The van der Waals surface area contributed by atoms with Crippen LogP contribution in [0.5, 0.6) is 11.5 Å². The maximum Gasteiger partial charge on any atom is 0.193 e. The Kier molecular flexibility index (Phi) is 5.13. The fourth-order valence-corrected chi connectivity index (χ4v) is 3.22. The van der Waals surface area contributed by atoms with Crippen molar-refractivity contribution < 1.29 is 9.47 Å². The van der Waals surface area contributed by atoms with E-state index in [0.717, 1.165) is 34.3 Å². The number of thiazole rings is 1. The highest BCUT2D eigenvalue weighted by Gasteiger charge is 2.17. The minimum atomic E-state index is 0.0559. The monoisotopic (exact) mass is 360 g/mol. The molecular weight excluding hydrogens is 336 g/mol. The van der Waals surface area contributed by atoms with Crippen LogP contribution in [0.25, 0.3) is 0 Å². The Bertz CT molecular complexity index is 765. The van der Waals surface area contributed by atoms with Gasteiger partial charge in [0.2, 0.25) is 0 Å². The Morgan fingerprint density at radius 2 is 2.04 bits per heavy atom. The molecule has 2 aromatic rings. The molecule has 7 heteroatoms. The zero-order valence-electron chi connectivity index (χ0n) is 14.8. The molecule has 0 unspecified atom stereocenters. The highest BCUT2D eigenvalue weighted by molar-refractivity contribution is 7.09. The van der Waals surface area contributed by atoms with E-state index in [9.17, 15) is 0 Å². The predicted octanol–water partition coefficient (Wildman–Crippen LogP) is 3.53. The van der Waals surface area contributed by atoms with Gasteiger partial charge in [-0.3, -0.25) is 0 Å². The van der Waals surface area contributed by atoms with Crippen molar-refractivity contribution in [1.82, 2.24) is 4.98 Å². The zero-order valence-corrected chi connectivity index (χ0v) is 15.7. The van der Waals surface area contributed by atoms with Crippen LogP contribution < -0.4 is 20.5 Å². The second-order valence-corrected chi connectivity index (χ2v) is 7.79. The van der Waals surface area contributed by atoms with Gasteiger partial charge in [0.1, 0.15) is 0 Å². The fourth-order valence-electron chi connectivity index (χ4n) is 2.32. The number of nitrogens with one attached hydrogen (secondary N) is 1. The lowest BCUT2D eigenvalue weighted by atomic mass is 9.98. The third kappa shape index (κ3) is 4.63. The lowest BCUT2D eigenvalue weighted by molar-refractivity contribution is 0.297. The molecule has 1 aromatic heterocycles. The number of hydrogen-bond acceptors (Lipinski definition) is 5. The molecule has 0 saturated heterocycles. The number of ether oxygens (including phenoxy) is 2. The maximum atomic E-state index is 6.00. The molecule has 134 valence electrons. The van der Waals surface area contributed by atoms with Crippen LogP contribution in [-0.2, 0) is 12.0 Å². The number of aliphatic imine (C=N–C) groups is 1. The molecule has 1 aromatic carbocycles. The van der Waals surface area contributed by atoms with E-state index in [1.807, 2.05) is 23.6 Å². The van der Waals surface area contributed by atoms with Gasteiger partial charge in [0.05, 0.1) is 30.5 Å². The third-order valence-electron chi connectivity index (χ3n) is 3.62. The highest BCUT2D eigenvalue weighted by Crippen LogP contribution is 2.32. The molecule has 0 aliphatic carbocycles. The Labute approximate surface area is 152 Å². The van der Waals surface area contributed by atoms with E-state index in [1.165, 1.54) is 0 Å². The molecule has 0 saturated carbocycles. The van der Waals surface area contributed by atoms with Crippen molar-refractivity contribution in [3.63, 3.8) is 0 Å². The summed E-state index contributed by atoms with van der Waals surface area (Å²) in [5, 5.41) is 6.22. The fraction of sp³-hybridized carbons (Fsp3) is 0.444. The Morgan fingerprint density at radius 3 is 2.76 bits per heavy atom. The molecule has 0 radical (unpaired) electrons. The minimum absolute atomic E-state index is 0.0559. The SMILES string of the molecule is CC(C)(C)c1nc(CN=C(N)Nc2ccc3c(c2)OCCCO3)cs1. The lowest BCUT2D eigenvalue weighted by Gasteiger charge is -2.13. The molecule has 3 N–H and O–H groups in total. The number of fused-ring (bicyclic) bond motifs is 1. The van der Waals surface area contributed by atoms with Gasteiger partial charge < -0.3 is 20.5 Å². The van der Waals surface area contributed by atoms with E-state index >= 15 is 0 Å². The summed E-state index contributed by atoms with van der Waals surface area (Å²) in [6.07, 6.45) is 0.880. The van der Waals surface area contributed by atoms with Gasteiger partial charge in [-0.2, -0.15) is 0 Å². The molecule has 0 amide bonds. The van der Waals surface area contributed by atoms with E-state index in [-0.39, 0.29) is 5.41 Å². The number of anilines is 1. The average Bonchev–Trinajstić information content (AvgIpc) is 2.92. The first-order chi connectivity index (χ1) is 11.9. The maximum absolute atomic E-state index is 6.00. The number of hydrogen-bond donors (Lipinski definition) is 2. The van der Waals surface area contributed by atoms with Gasteiger partial charge >= 0.3 is 0 Å². The molecule has 1 aliphatic rings. The van der Waals surface area contributed by atoms with Gasteiger partial charge in [-0.15, -0.1) is 11.3 Å². The van der Waals surface area contributed by atoms with Crippen molar-refractivity contribution in [2.24, 2.45) is 10.7 Å². The summed E-state index contributed by atoms with van der Waals surface area (Å²) in [5.41, 5.74) is 7.80. The van der Waals surface area contributed by atoms with Crippen LogP contribution in [0.2, 0.25) is 0 Å². The predicted molar refractivity (Wildman–Crippen MR) is 102 cm³/mol. The number of nitrogens with zero attached hydrogens (tertiary/aromatic N) is 2. The molecule has 0 atom stereocenters. The summed E-state index contributed by atoms with van der Waals surface area (Å²) in [6.45, 7) is 8.24. The van der Waals surface area contributed by atoms with Gasteiger partial charge in [0.15, 0.2) is 17.5 Å². The number of rotatable bonds is 3. The summed E-state index contributed by atoms with van der Waals surface area (Å²) in [5.74, 6) is 1.83. The number of nitrogens with two attached hydrogens (primary N) is 1. The quantitative estimate of drug-likeness (QED) is 0.646. The number of aromatic nitrogens is 1. The van der Waals surface area contributed by atoms with Gasteiger partial charge in [-0.05, 0) is 12.1 Å². The molecule has 2 heterocycles. The Hall–Kier alpha value is -2.28. The van der Waals surface area contributed by atoms with Crippen molar-refractivity contribution in [1.29, 1.82) is 0 Å². The van der Waals surface area contributed by atoms with Crippen molar-refractivity contribution in [3.05, 3.63) is 34.3 Å². The van der Waals surface area contributed by atoms with E-state index in [1.54, 1.807) is 11.3 Å². The van der Waals surface area contributed by atoms with Crippen LogP contribution in [0, 0.1) is 0 Å². The first-order valence-corrected chi connectivity index (χ1v) is 9.21. The van der Waals surface area contributed by atoms with E-state index < -0.39 is 0 Å². The van der Waals surface area contributed by atoms with Crippen LogP contribution in [-0.4, -0.2) is 24.2 Å². The Morgan fingerprint density at radius 1 is 1.28 bits per heavy atom. The summed E-state index contributed by atoms with van der Waals surface area (Å²) < 4.78 is 11.3. The smallest absolute Gasteiger partial charge is 0.193 e. The number of guanidine groups is 1. The molecule has 1 aliphatic heterocycles. The van der Waals surface area contributed by atoms with Gasteiger partial charge in [0.25, 0.3) is 0 Å². The summed E-state index contributed by atoms with van der Waals surface area (Å²) >= 11 is 1.66. The number of benzene rings is 1. The molecule has 6 nitrogen and oxygen atoms in total. The van der Waals surface area contributed by atoms with Gasteiger partial charge in [-0.25, -0.2) is 9.98 Å². The topological polar surface area (TPSA) is 81.8 Å². The Balaban J connectivity index is 1.63. The van der Waals surface area contributed by atoms with Crippen LogP contribution in [0.4, 0.5) is 5.69 Å². The average molecular weight is 360 g/mol. The second kappa shape index (κ2) is 7.31. The standard InChI is InChI=1S/C18H24N4O2S/c1-18(2,3)16-21-13(11-25-16)10-20-17(19)22-12-5-6-14-15(9-12)24-8-4-7-23-14/h5-6,9,11H,4,7-8,10H2,1-3H3,(H3,19,20,22). The second-order valence-electron chi connectivity index (χ2n) is 6.93. The van der Waals surface area contributed by atoms with Crippen molar-refractivity contribution in [2.45, 2.75) is 39.2 Å². The molecular formula is C18H24N4O2S. The summed E-state index contributed by atoms with van der Waals surface area (Å²) in [7, 11) is 0. The highest BCUT2D eigenvalue weighted by atomic mass is 32.1. The van der Waals surface area contributed by atoms with Crippen LogP contribution >= 0.6 is 11.3 Å². The molecule has 3 rings (SSSR count). The molecule has 0 fully saturated rings. The van der Waals surface area contributed by atoms with E-state index in [4.69, 9.17) is 15.2 Å². The molecule has 0 bridgehead atoms. The molecule has 0 spiro atoms. The van der Waals surface area contributed by atoms with Crippen LogP contribution in [0.15, 0.2) is 28.6 Å². The van der Waals surface area contributed by atoms with Gasteiger partial charge in [-0.1, -0.05) is 20.8 Å². The zero-order chi connectivity index (χ0) is 17.9. The lowest BCUT2D eigenvalue weighted by Crippen LogP contribution is -2.22. The third-order valence-corrected chi connectivity index (χ3v) is 4.94. The van der Waals surface area contributed by atoms with E-state index in [0.29, 0.717) is 25.7 Å². The minimum Gasteiger partial charge on any atom is -0.490 e. The van der Waals surface area contributed by atoms with Crippen molar-refractivity contribution >= 4 is 23.0 Å². The van der Waals surface area contributed by atoms with Crippen LogP contribution in [0.3, 0.4) is 0 Å². The van der Waals surface area contributed by atoms with Crippen molar-refractivity contribution in [2.75, 3.05) is 18.5 Å². The van der Waals surface area contributed by atoms with Crippen molar-refractivity contribution in [3.8, 4) is 11.5 Å². The first kappa shape index (κ1) is 17.5. The summed E-state index contributed by atoms with van der Waals surface area (Å²) in [4.78, 5) is 8.99. The normalized spacial score (nSPS) is 14.9. The van der Waals surface area contributed by atoms with Crippen LogP contribution in [0.1, 0.15) is 37.9 Å². The van der Waals surface area contributed by atoms with Gasteiger partial charge in [0, 0.05) is 29.0 Å².